The van der Waals surface area contributed by atoms with E-state index in [0.717, 1.165) is 21.0 Å². The summed E-state index contributed by atoms with van der Waals surface area (Å²) >= 11 is 5.89. The molecule has 1 aromatic heterocycles. The Labute approximate surface area is 175 Å². The van der Waals surface area contributed by atoms with Crippen molar-refractivity contribution in [2.45, 2.75) is 6.92 Å². The molecule has 0 saturated heterocycles. The molecular weight excluding hydrogens is 404 g/mol. The average Bonchev–Trinajstić information content (AvgIpc) is 2.73. The molecule has 8 heteroatoms. The number of aromatic amines is 1. The van der Waals surface area contributed by atoms with Crippen LogP contribution in [0.3, 0.4) is 0 Å². The number of rotatable bonds is 4. The van der Waals surface area contributed by atoms with E-state index in [9.17, 15) is 14.7 Å². The summed E-state index contributed by atoms with van der Waals surface area (Å²) in [4.78, 5) is 26.9. The highest BCUT2D eigenvalue weighted by atomic mass is 35.5. The maximum atomic E-state index is 12.4. The first-order valence-corrected chi connectivity index (χ1v) is 9.46. The minimum atomic E-state index is -0.765. The van der Waals surface area contributed by atoms with Gasteiger partial charge in [0, 0.05) is 10.4 Å². The number of nitrogens with one attached hydrogen (secondary N) is 2. The molecule has 3 N–H and O–H groups in total. The van der Waals surface area contributed by atoms with Gasteiger partial charge in [-0.15, -0.1) is 0 Å². The Morgan fingerprint density at radius 2 is 1.73 bits per heavy atom. The van der Waals surface area contributed by atoms with E-state index in [2.05, 4.69) is 15.5 Å². The largest absolute Gasteiger partial charge is 0.493 e. The Hall–Kier alpha value is -3.84. The van der Waals surface area contributed by atoms with Crippen LogP contribution in [0.5, 0.6) is 5.88 Å². The zero-order valence-corrected chi connectivity index (χ0v) is 16.6. The molecule has 0 bridgehead atoms. The number of aromatic hydroxyl groups is 1. The summed E-state index contributed by atoms with van der Waals surface area (Å²) in [5.74, 6) is -0.507. The van der Waals surface area contributed by atoms with Gasteiger partial charge in [-0.05, 0) is 42.6 Å². The van der Waals surface area contributed by atoms with Crippen molar-refractivity contribution in [3.63, 3.8) is 0 Å². The van der Waals surface area contributed by atoms with Gasteiger partial charge < -0.3 is 5.11 Å². The highest BCUT2D eigenvalue weighted by molar-refractivity contribution is 6.30. The van der Waals surface area contributed by atoms with Crippen molar-refractivity contribution in [2.75, 3.05) is 5.43 Å². The number of H-pyrrole nitrogens is 1. The zero-order valence-electron chi connectivity index (χ0n) is 15.9. The molecule has 30 heavy (non-hydrogen) atoms. The molecular formula is C22H17ClN4O3. The number of benzene rings is 3. The minimum absolute atomic E-state index is 0.114. The van der Waals surface area contributed by atoms with Crippen molar-refractivity contribution < 1.29 is 5.11 Å². The first kappa shape index (κ1) is 19.5. The minimum Gasteiger partial charge on any atom is -0.493 e. The molecule has 7 nitrogen and oxygen atoms in total. The quantitative estimate of drug-likeness (QED) is 0.344. The van der Waals surface area contributed by atoms with E-state index in [1.807, 2.05) is 42.5 Å². The number of hydrazone groups is 1. The topological polar surface area (TPSA) is 99.5 Å². The van der Waals surface area contributed by atoms with E-state index in [0.29, 0.717) is 10.7 Å². The van der Waals surface area contributed by atoms with Gasteiger partial charge in [0.15, 0.2) is 0 Å². The number of nitrogens with zero attached hydrogens (tertiary/aromatic N) is 2. The second-order valence-electron chi connectivity index (χ2n) is 6.61. The summed E-state index contributed by atoms with van der Waals surface area (Å²) in [7, 11) is 0. The van der Waals surface area contributed by atoms with Crippen LogP contribution in [0.25, 0.3) is 16.5 Å². The molecule has 0 aliphatic heterocycles. The lowest BCUT2D eigenvalue weighted by atomic mass is 10.1. The van der Waals surface area contributed by atoms with Gasteiger partial charge in [-0.25, -0.2) is 9.36 Å². The van der Waals surface area contributed by atoms with Crippen molar-refractivity contribution in [1.29, 1.82) is 0 Å². The van der Waals surface area contributed by atoms with E-state index in [1.165, 1.54) is 0 Å². The monoisotopic (exact) mass is 420 g/mol. The van der Waals surface area contributed by atoms with E-state index in [4.69, 9.17) is 11.6 Å². The van der Waals surface area contributed by atoms with Crippen molar-refractivity contribution >= 4 is 33.8 Å². The number of hydrogen-bond acceptors (Lipinski definition) is 5. The normalized spacial score (nSPS) is 11.6. The summed E-state index contributed by atoms with van der Waals surface area (Å²) in [6.45, 7) is 1.57. The lowest BCUT2D eigenvalue weighted by molar-refractivity contribution is 0.429. The maximum Gasteiger partial charge on any atom is 0.335 e. The second kappa shape index (κ2) is 7.88. The van der Waals surface area contributed by atoms with Crippen LogP contribution in [0.4, 0.5) is 5.69 Å². The molecule has 4 aromatic rings. The molecule has 0 atom stereocenters. The fraction of sp³-hybridized carbons (Fsp3) is 0.0455. The van der Waals surface area contributed by atoms with Crippen LogP contribution in [0.15, 0.2) is 81.4 Å². The lowest BCUT2D eigenvalue weighted by Crippen LogP contribution is -2.32. The fourth-order valence-electron chi connectivity index (χ4n) is 3.20. The van der Waals surface area contributed by atoms with Gasteiger partial charge in [-0.1, -0.05) is 48.0 Å². The molecule has 0 saturated carbocycles. The Balaban J connectivity index is 1.78. The summed E-state index contributed by atoms with van der Waals surface area (Å²) in [6, 6.07) is 19.8. The van der Waals surface area contributed by atoms with Gasteiger partial charge in [-0.2, -0.15) is 5.10 Å². The number of aromatic nitrogens is 2. The Morgan fingerprint density at radius 3 is 2.50 bits per heavy atom. The fourth-order valence-corrected chi connectivity index (χ4v) is 3.33. The van der Waals surface area contributed by atoms with Gasteiger partial charge in [0.2, 0.25) is 5.88 Å². The van der Waals surface area contributed by atoms with Crippen LogP contribution in [0.2, 0.25) is 5.02 Å². The molecule has 150 valence electrons. The molecule has 0 aliphatic carbocycles. The summed E-state index contributed by atoms with van der Waals surface area (Å²) in [6.07, 6.45) is 0. The smallest absolute Gasteiger partial charge is 0.335 e. The van der Waals surface area contributed by atoms with Crippen molar-refractivity contribution in [1.82, 2.24) is 9.55 Å². The van der Waals surface area contributed by atoms with E-state index in [1.54, 1.807) is 31.2 Å². The highest BCUT2D eigenvalue weighted by Crippen LogP contribution is 2.23. The van der Waals surface area contributed by atoms with Gasteiger partial charge in [0.1, 0.15) is 5.56 Å². The molecule has 0 radical (unpaired) electrons. The van der Waals surface area contributed by atoms with Gasteiger partial charge in [0.05, 0.1) is 17.1 Å². The maximum absolute atomic E-state index is 12.4. The zero-order chi connectivity index (χ0) is 21.3. The second-order valence-corrected chi connectivity index (χ2v) is 7.04. The summed E-state index contributed by atoms with van der Waals surface area (Å²) in [5.41, 5.74) is 2.64. The third-order valence-corrected chi connectivity index (χ3v) is 4.92. The van der Waals surface area contributed by atoms with Gasteiger partial charge >= 0.3 is 5.69 Å². The predicted molar refractivity (Wildman–Crippen MR) is 119 cm³/mol. The average molecular weight is 421 g/mol. The number of halogens is 1. The molecule has 0 spiro atoms. The molecule has 4 rings (SSSR count). The van der Waals surface area contributed by atoms with Crippen LogP contribution >= 0.6 is 11.6 Å². The first-order valence-electron chi connectivity index (χ1n) is 9.08. The third kappa shape index (κ3) is 3.58. The first-order chi connectivity index (χ1) is 14.5. The summed E-state index contributed by atoms with van der Waals surface area (Å²) < 4.78 is 0.990. The molecule has 0 fully saturated rings. The van der Waals surface area contributed by atoms with Gasteiger partial charge in [0.25, 0.3) is 5.56 Å². The van der Waals surface area contributed by atoms with Crippen molar-refractivity contribution in [2.24, 2.45) is 5.10 Å². The molecule has 0 amide bonds. The number of anilines is 1. The SMILES string of the molecule is C/C(=N\Nc1cccc2ccccc12)c1c(O)n(-c2ccc(Cl)cc2)c(=O)[nH]c1=O. The van der Waals surface area contributed by atoms with Crippen LogP contribution in [-0.2, 0) is 0 Å². The molecule has 0 aliphatic rings. The van der Waals surface area contributed by atoms with Crippen LogP contribution in [0.1, 0.15) is 12.5 Å². The van der Waals surface area contributed by atoms with Crippen LogP contribution in [-0.4, -0.2) is 20.4 Å². The Bertz CT molecular complexity index is 1380. The summed E-state index contributed by atoms with van der Waals surface area (Å²) in [5, 5.41) is 17.5. The van der Waals surface area contributed by atoms with E-state index in [-0.39, 0.29) is 11.3 Å². The standard InChI is InChI=1S/C22H17ClN4O3/c1-13(25-26-18-8-4-6-14-5-2-3-7-17(14)18)19-20(28)24-22(30)27(21(19)29)16-11-9-15(23)10-12-16/h2-12,26,29H,1H3,(H,24,28,30)/b25-13+. The number of hydrogen-bond donors (Lipinski definition) is 3. The van der Waals surface area contributed by atoms with Gasteiger partial charge in [-0.3, -0.25) is 15.2 Å². The molecule has 3 aromatic carbocycles. The molecule has 0 unspecified atom stereocenters. The van der Waals surface area contributed by atoms with Crippen LogP contribution in [0, 0.1) is 0 Å². The van der Waals surface area contributed by atoms with Crippen LogP contribution < -0.4 is 16.7 Å². The van der Waals surface area contributed by atoms with E-state index < -0.39 is 17.1 Å². The van der Waals surface area contributed by atoms with Crippen molar-refractivity contribution in [3.8, 4) is 11.6 Å². The third-order valence-electron chi connectivity index (χ3n) is 4.67. The van der Waals surface area contributed by atoms with E-state index >= 15 is 0 Å². The number of fused-ring (bicyclic) bond motifs is 1. The van der Waals surface area contributed by atoms with Crippen molar-refractivity contribution in [3.05, 3.63) is 98.2 Å². The Kier molecular flexibility index (Phi) is 5.12. The predicted octanol–water partition coefficient (Wildman–Crippen LogP) is 3.87. The lowest BCUT2D eigenvalue weighted by Gasteiger charge is -2.12. The molecule has 1 heterocycles. The Morgan fingerprint density at radius 1 is 1.03 bits per heavy atom. The highest BCUT2D eigenvalue weighted by Gasteiger charge is 2.18.